The van der Waals surface area contributed by atoms with Crippen LogP contribution in [0.25, 0.3) is 0 Å². The van der Waals surface area contributed by atoms with Gasteiger partial charge >= 0.3 is 0 Å². The fourth-order valence-corrected chi connectivity index (χ4v) is 3.69. The maximum absolute atomic E-state index is 11.3. The van der Waals surface area contributed by atoms with Crippen LogP contribution in [0.3, 0.4) is 0 Å². The van der Waals surface area contributed by atoms with Gasteiger partial charge in [-0.05, 0) is 33.5 Å². The van der Waals surface area contributed by atoms with Gasteiger partial charge in [-0.25, -0.2) is 0 Å². The van der Waals surface area contributed by atoms with E-state index in [0.717, 1.165) is 13.0 Å². The molecule has 0 aromatic carbocycles. The maximum atomic E-state index is 11.3. The van der Waals surface area contributed by atoms with Crippen LogP contribution >= 0.6 is 11.8 Å². The highest BCUT2D eigenvalue weighted by Gasteiger charge is 2.45. The molecule has 19 heavy (non-hydrogen) atoms. The summed E-state index contributed by atoms with van der Waals surface area (Å²) in [6.07, 6.45) is 2.37. The van der Waals surface area contributed by atoms with E-state index in [9.17, 15) is 4.79 Å². The molecule has 2 saturated heterocycles. The Labute approximate surface area is 125 Å². The summed E-state index contributed by atoms with van der Waals surface area (Å²) in [5.41, 5.74) is 0. The molecule has 1 atom stereocenters. The number of hydrogen-bond acceptors (Lipinski definition) is 4. The first-order chi connectivity index (χ1) is 9.12. The number of hydrogen-bond donors (Lipinski definition) is 0. The predicted octanol–water partition coefficient (Wildman–Crippen LogP) is 3.69. The zero-order chi connectivity index (χ0) is 15.5. The SMILES string of the molecule is CC.CC.CC.CN1CCCC2(C1)SC(=O)CN2C. The summed E-state index contributed by atoms with van der Waals surface area (Å²) >= 11 is 1.55. The van der Waals surface area contributed by atoms with E-state index in [0.29, 0.717) is 11.7 Å². The van der Waals surface area contributed by atoms with Crippen molar-refractivity contribution in [2.45, 2.75) is 59.3 Å². The quantitative estimate of drug-likeness (QED) is 0.679. The van der Waals surface area contributed by atoms with Crippen molar-refractivity contribution < 1.29 is 4.79 Å². The molecule has 0 aliphatic carbocycles. The van der Waals surface area contributed by atoms with Gasteiger partial charge in [-0.2, -0.15) is 0 Å². The average molecular weight is 291 g/mol. The first-order valence-corrected chi connectivity index (χ1v) is 8.56. The minimum Gasteiger partial charge on any atom is -0.304 e. The van der Waals surface area contributed by atoms with Gasteiger partial charge < -0.3 is 4.90 Å². The van der Waals surface area contributed by atoms with E-state index in [1.165, 1.54) is 13.0 Å². The van der Waals surface area contributed by atoms with Crippen molar-refractivity contribution in [3.05, 3.63) is 0 Å². The van der Waals surface area contributed by atoms with Gasteiger partial charge in [-0.15, -0.1) is 0 Å². The molecule has 2 heterocycles. The van der Waals surface area contributed by atoms with Gasteiger partial charge in [0.2, 0.25) is 5.12 Å². The Hall–Kier alpha value is -0.0600. The van der Waals surface area contributed by atoms with Crippen LogP contribution in [0.1, 0.15) is 54.4 Å². The number of thioether (sulfide) groups is 1. The first-order valence-electron chi connectivity index (χ1n) is 7.74. The van der Waals surface area contributed by atoms with Gasteiger partial charge in [0.1, 0.15) is 0 Å². The highest BCUT2D eigenvalue weighted by Crippen LogP contribution is 2.41. The number of rotatable bonds is 0. The van der Waals surface area contributed by atoms with Crippen molar-refractivity contribution >= 4 is 16.9 Å². The zero-order valence-electron chi connectivity index (χ0n) is 14.2. The van der Waals surface area contributed by atoms with E-state index in [-0.39, 0.29) is 4.87 Å². The highest BCUT2D eigenvalue weighted by atomic mass is 32.2. The largest absolute Gasteiger partial charge is 0.304 e. The minimum absolute atomic E-state index is 0.101. The molecule has 116 valence electrons. The molecule has 0 saturated carbocycles. The Bertz CT molecular complexity index is 236. The van der Waals surface area contributed by atoms with Crippen molar-refractivity contribution in [2.75, 3.05) is 33.7 Å². The summed E-state index contributed by atoms with van der Waals surface area (Å²) < 4.78 is 0. The number of carbonyl (C=O) groups is 1. The Morgan fingerprint density at radius 3 is 1.95 bits per heavy atom. The van der Waals surface area contributed by atoms with Gasteiger partial charge in [0, 0.05) is 6.54 Å². The predicted molar refractivity (Wildman–Crippen MR) is 88.7 cm³/mol. The smallest absolute Gasteiger partial charge is 0.204 e. The summed E-state index contributed by atoms with van der Waals surface area (Å²) in [4.78, 5) is 16.0. The van der Waals surface area contributed by atoms with Gasteiger partial charge in [0.15, 0.2) is 0 Å². The van der Waals surface area contributed by atoms with Crippen LogP contribution in [-0.4, -0.2) is 53.5 Å². The van der Waals surface area contributed by atoms with E-state index in [2.05, 4.69) is 23.9 Å². The van der Waals surface area contributed by atoms with Crippen molar-refractivity contribution in [3.8, 4) is 0 Å². The molecule has 1 unspecified atom stereocenters. The van der Waals surface area contributed by atoms with Crippen LogP contribution in [-0.2, 0) is 4.79 Å². The number of likely N-dealkylation sites (tertiary alicyclic amines) is 1. The van der Waals surface area contributed by atoms with Crippen LogP contribution in [0.5, 0.6) is 0 Å². The van der Waals surface area contributed by atoms with E-state index in [1.807, 2.05) is 41.5 Å². The van der Waals surface area contributed by atoms with Gasteiger partial charge in [-0.3, -0.25) is 9.69 Å². The second kappa shape index (κ2) is 11.7. The summed E-state index contributed by atoms with van der Waals surface area (Å²) in [6, 6.07) is 0. The van der Waals surface area contributed by atoms with E-state index in [4.69, 9.17) is 0 Å². The third-order valence-electron chi connectivity index (χ3n) is 2.99. The number of piperidine rings is 1. The van der Waals surface area contributed by atoms with Crippen molar-refractivity contribution in [1.82, 2.24) is 9.80 Å². The molecule has 2 fully saturated rings. The number of nitrogens with zero attached hydrogens (tertiary/aromatic N) is 2. The van der Waals surface area contributed by atoms with Crippen LogP contribution in [0.4, 0.5) is 0 Å². The maximum Gasteiger partial charge on any atom is 0.204 e. The van der Waals surface area contributed by atoms with Crippen LogP contribution in [0.2, 0.25) is 0 Å². The van der Waals surface area contributed by atoms with Crippen molar-refractivity contribution in [3.63, 3.8) is 0 Å². The first kappa shape index (κ1) is 21.2. The summed E-state index contributed by atoms with van der Waals surface area (Å²) in [6.45, 7) is 14.8. The van der Waals surface area contributed by atoms with Gasteiger partial charge in [0.05, 0.1) is 11.4 Å². The zero-order valence-corrected chi connectivity index (χ0v) is 15.1. The molecule has 3 nitrogen and oxygen atoms in total. The lowest BCUT2D eigenvalue weighted by Crippen LogP contribution is -2.51. The Morgan fingerprint density at radius 1 is 1.05 bits per heavy atom. The topological polar surface area (TPSA) is 23.6 Å². The standard InChI is InChI=1S/C9H16N2OS.3C2H6/c1-10-5-3-4-9(7-10)11(2)6-8(12)13-9;3*1-2/h3-7H2,1-2H3;3*1-2H3. The molecule has 1 spiro atoms. The average Bonchev–Trinajstić information content (AvgIpc) is 2.70. The Balaban J connectivity index is 0. The van der Waals surface area contributed by atoms with E-state index < -0.39 is 0 Å². The molecule has 0 bridgehead atoms. The molecule has 0 amide bonds. The minimum atomic E-state index is 0.101. The third-order valence-corrected chi connectivity index (χ3v) is 4.37. The fourth-order valence-electron chi connectivity index (χ4n) is 2.26. The third kappa shape index (κ3) is 6.28. The molecule has 0 N–H and O–H groups in total. The normalized spacial score (nSPS) is 26.6. The number of likely N-dealkylation sites (N-methyl/N-ethyl adjacent to an activating group) is 2. The van der Waals surface area contributed by atoms with Crippen LogP contribution in [0.15, 0.2) is 0 Å². The molecule has 2 rings (SSSR count). The molecular weight excluding hydrogens is 256 g/mol. The monoisotopic (exact) mass is 290 g/mol. The van der Waals surface area contributed by atoms with E-state index in [1.54, 1.807) is 11.8 Å². The highest BCUT2D eigenvalue weighted by molar-refractivity contribution is 8.15. The molecule has 0 aromatic rings. The van der Waals surface area contributed by atoms with E-state index >= 15 is 0 Å². The Kier molecular flexibility index (Phi) is 13.1. The van der Waals surface area contributed by atoms with Crippen molar-refractivity contribution in [1.29, 1.82) is 0 Å². The molecular formula is C15H34N2OS. The summed E-state index contributed by atoms with van der Waals surface area (Å²) in [5, 5.41) is 0.331. The number of carbonyl (C=O) groups excluding carboxylic acids is 1. The fraction of sp³-hybridized carbons (Fsp3) is 0.933. The lowest BCUT2D eigenvalue weighted by atomic mass is 10.0. The van der Waals surface area contributed by atoms with Crippen LogP contribution in [0, 0.1) is 0 Å². The lowest BCUT2D eigenvalue weighted by molar-refractivity contribution is -0.111. The van der Waals surface area contributed by atoms with Crippen molar-refractivity contribution in [2.24, 2.45) is 0 Å². The molecule has 0 aromatic heterocycles. The summed E-state index contributed by atoms with van der Waals surface area (Å²) in [5.74, 6) is 0. The summed E-state index contributed by atoms with van der Waals surface area (Å²) in [7, 11) is 4.20. The van der Waals surface area contributed by atoms with Crippen LogP contribution < -0.4 is 0 Å². The van der Waals surface area contributed by atoms with Gasteiger partial charge in [-0.1, -0.05) is 53.3 Å². The molecule has 2 aliphatic rings. The molecule has 0 radical (unpaired) electrons. The van der Waals surface area contributed by atoms with Gasteiger partial charge in [0.25, 0.3) is 0 Å². The molecule has 2 aliphatic heterocycles. The second-order valence-corrected chi connectivity index (χ2v) is 5.54. The Morgan fingerprint density at radius 2 is 1.58 bits per heavy atom. The lowest BCUT2D eigenvalue weighted by Gasteiger charge is -2.41. The molecule has 4 heteroatoms. The second-order valence-electron chi connectivity index (χ2n) is 4.12.